The van der Waals surface area contributed by atoms with Crippen molar-refractivity contribution in [1.82, 2.24) is 10.6 Å². The lowest BCUT2D eigenvalue weighted by Crippen LogP contribution is -2.68. The minimum Gasteiger partial charge on any atom is -0.455 e. The summed E-state index contributed by atoms with van der Waals surface area (Å²) in [7, 11) is 1.42. The van der Waals surface area contributed by atoms with Gasteiger partial charge in [-0.05, 0) is 96.8 Å². The molecule has 3 aromatic carbocycles. The molecule has 0 saturated heterocycles. The standard InChI is InChI=1S/C31H25F5N2O3/c1-37-29(40)26-23-12-21(18-4-7-24(33)22(10-18)28(39)38-30-13-16(14-30)15-30)19(8-9-31(34,35)36)11-25(23)41-27(26)17-2-5-20(32)6-3-17/h2-7,10-12,16H,8-9,13-15H2,1H3,(H,37,40)(H,38,39). The fourth-order valence-corrected chi connectivity index (χ4v) is 5.90. The van der Waals surface area contributed by atoms with Gasteiger partial charge in [0.1, 0.15) is 23.0 Å². The average molecular weight is 569 g/mol. The molecule has 5 nitrogen and oxygen atoms in total. The number of amides is 2. The van der Waals surface area contributed by atoms with Crippen molar-refractivity contribution in [1.29, 1.82) is 0 Å². The van der Waals surface area contributed by atoms with Crippen molar-refractivity contribution in [3.8, 4) is 22.5 Å². The van der Waals surface area contributed by atoms with Gasteiger partial charge in [0, 0.05) is 30.0 Å². The molecular weight excluding hydrogens is 543 g/mol. The highest BCUT2D eigenvalue weighted by Gasteiger charge is 2.57. The molecule has 0 unspecified atom stereocenters. The second-order valence-electron chi connectivity index (χ2n) is 10.9. The molecule has 0 atom stereocenters. The maximum absolute atomic E-state index is 14.8. The van der Waals surface area contributed by atoms with Crippen molar-refractivity contribution in [3.63, 3.8) is 0 Å². The predicted molar refractivity (Wildman–Crippen MR) is 142 cm³/mol. The Morgan fingerprint density at radius 2 is 1.63 bits per heavy atom. The van der Waals surface area contributed by atoms with Crippen LogP contribution in [0.5, 0.6) is 0 Å². The van der Waals surface area contributed by atoms with Crippen LogP contribution in [-0.2, 0) is 6.42 Å². The van der Waals surface area contributed by atoms with E-state index >= 15 is 0 Å². The molecule has 10 heteroatoms. The fourth-order valence-electron chi connectivity index (χ4n) is 5.90. The Hall–Kier alpha value is -4.21. The van der Waals surface area contributed by atoms with E-state index in [9.17, 15) is 31.5 Å². The van der Waals surface area contributed by atoms with Gasteiger partial charge in [-0.25, -0.2) is 8.78 Å². The van der Waals surface area contributed by atoms with Crippen LogP contribution in [0, 0.1) is 17.6 Å². The Labute approximate surface area is 231 Å². The molecule has 2 N–H and O–H groups in total. The number of aryl methyl sites for hydroxylation is 1. The van der Waals surface area contributed by atoms with Gasteiger partial charge >= 0.3 is 6.18 Å². The van der Waals surface area contributed by atoms with E-state index in [1.54, 1.807) is 0 Å². The van der Waals surface area contributed by atoms with Gasteiger partial charge in [0.05, 0.1) is 11.1 Å². The summed E-state index contributed by atoms with van der Waals surface area (Å²) in [6.07, 6.45) is -3.41. The van der Waals surface area contributed by atoms with E-state index < -0.39 is 42.5 Å². The molecule has 3 fully saturated rings. The van der Waals surface area contributed by atoms with Crippen LogP contribution in [0.15, 0.2) is 59.0 Å². The minimum atomic E-state index is -4.45. The van der Waals surface area contributed by atoms with Gasteiger partial charge in [0.2, 0.25) is 0 Å². The number of furan rings is 1. The summed E-state index contributed by atoms with van der Waals surface area (Å²) in [5.41, 5.74) is 1.04. The number of carbonyl (C=O) groups excluding carboxylic acids is 2. The van der Waals surface area contributed by atoms with Gasteiger partial charge in [-0.1, -0.05) is 6.07 Å². The first kappa shape index (κ1) is 27.0. The molecule has 1 heterocycles. The number of carbonyl (C=O) groups is 2. The van der Waals surface area contributed by atoms with Crippen molar-refractivity contribution in [2.45, 2.75) is 43.8 Å². The second kappa shape index (κ2) is 9.71. The summed E-state index contributed by atoms with van der Waals surface area (Å²) in [6, 6.07) is 12.1. The normalized spacial score (nSPS) is 19.4. The number of nitrogens with one attached hydrogen (secondary N) is 2. The Morgan fingerprint density at radius 3 is 2.24 bits per heavy atom. The van der Waals surface area contributed by atoms with Gasteiger partial charge in [-0.2, -0.15) is 13.2 Å². The molecular formula is C31H25F5N2O3. The molecule has 212 valence electrons. The Morgan fingerprint density at radius 1 is 0.951 bits per heavy atom. The van der Waals surface area contributed by atoms with Crippen molar-refractivity contribution in [2.24, 2.45) is 5.92 Å². The van der Waals surface area contributed by atoms with Gasteiger partial charge < -0.3 is 15.1 Å². The number of benzene rings is 3. The fraction of sp³-hybridized carbons (Fsp3) is 0.290. The number of hydrogen-bond acceptors (Lipinski definition) is 3. The Kier molecular flexibility index (Phi) is 6.39. The van der Waals surface area contributed by atoms with E-state index in [-0.39, 0.29) is 33.6 Å². The molecule has 3 aliphatic rings. The van der Waals surface area contributed by atoms with E-state index in [0.717, 1.165) is 25.3 Å². The lowest BCUT2D eigenvalue weighted by Gasteiger charge is -2.61. The third-order valence-electron chi connectivity index (χ3n) is 8.09. The zero-order valence-electron chi connectivity index (χ0n) is 21.9. The molecule has 3 aliphatic carbocycles. The smallest absolute Gasteiger partial charge is 0.389 e. The van der Waals surface area contributed by atoms with Gasteiger partial charge in [0.25, 0.3) is 11.8 Å². The summed E-state index contributed by atoms with van der Waals surface area (Å²) in [6.45, 7) is 0. The van der Waals surface area contributed by atoms with Gasteiger partial charge in [-0.15, -0.1) is 0 Å². The van der Waals surface area contributed by atoms with Crippen LogP contribution in [0.25, 0.3) is 33.4 Å². The van der Waals surface area contributed by atoms with Crippen molar-refractivity contribution in [2.75, 3.05) is 7.05 Å². The Balaban J connectivity index is 1.50. The molecule has 41 heavy (non-hydrogen) atoms. The van der Waals surface area contributed by atoms with E-state index in [1.807, 2.05) is 0 Å². The monoisotopic (exact) mass is 568 g/mol. The maximum atomic E-state index is 14.8. The highest BCUT2D eigenvalue weighted by atomic mass is 19.4. The first-order valence-corrected chi connectivity index (χ1v) is 13.2. The highest BCUT2D eigenvalue weighted by Crippen LogP contribution is 2.57. The van der Waals surface area contributed by atoms with Crippen molar-refractivity contribution < 1.29 is 36.0 Å². The van der Waals surface area contributed by atoms with Crippen LogP contribution in [0.2, 0.25) is 0 Å². The van der Waals surface area contributed by atoms with Gasteiger partial charge in [-0.3, -0.25) is 9.59 Å². The highest BCUT2D eigenvalue weighted by molar-refractivity contribution is 6.12. The Bertz CT molecular complexity index is 1670. The minimum absolute atomic E-state index is 0.112. The predicted octanol–water partition coefficient (Wildman–Crippen LogP) is 7.18. The topological polar surface area (TPSA) is 71.3 Å². The third kappa shape index (κ3) is 4.96. The number of alkyl halides is 3. The number of hydrogen-bond donors (Lipinski definition) is 2. The van der Waals surface area contributed by atoms with Crippen molar-refractivity contribution >= 4 is 22.8 Å². The first-order valence-electron chi connectivity index (χ1n) is 13.2. The van der Waals surface area contributed by atoms with Gasteiger partial charge in [0.15, 0.2) is 0 Å². The zero-order valence-corrected chi connectivity index (χ0v) is 21.9. The molecule has 7 rings (SSSR count). The van der Waals surface area contributed by atoms with E-state index in [2.05, 4.69) is 10.6 Å². The van der Waals surface area contributed by atoms with Crippen molar-refractivity contribution in [3.05, 3.63) is 82.9 Å². The van der Waals surface area contributed by atoms with Crippen LogP contribution >= 0.6 is 0 Å². The quantitative estimate of drug-likeness (QED) is 0.232. The lowest BCUT2D eigenvalue weighted by atomic mass is 9.50. The lowest BCUT2D eigenvalue weighted by molar-refractivity contribution is -0.133. The molecule has 0 spiro atoms. The first-order chi connectivity index (χ1) is 19.4. The van der Waals surface area contributed by atoms with Crippen LogP contribution < -0.4 is 10.6 Å². The summed E-state index contributed by atoms with van der Waals surface area (Å²) < 4.78 is 74.2. The zero-order chi connectivity index (χ0) is 29.1. The van der Waals surface area contributed by atoms with Crippen LogP contribution in [-0.4, -0.2) is 30.6 Å². The third-order valence-corrected chi connectivity index (χ3v) is 8.09. The van der Waals surface area contributed by atoms with E-state index in [1.165, 1.54) is 55.6 Å². The van der Waals surface area contributed by atoms with Crippen LogP contribution in [0.4, 0.5) is 22.0 Å². The SMILES string of the molecule is CNC(=O)c1c(-c2ccc(F)cc2)oc2cc(CCC(F)(F)F)c(-c3ccc(F)c(C(=O)NC45CC(C4)C5)c3)cc12. The van der Waals surface area contributed by atoms with Crippen LogP contribution in [0.3, 0.4) is 0 Å². The summed E-state index contributed by atoms with van der Waals surface area (Å²) in [4.78, 5) is 26.0. The number of halogens is 5. The maximum Gasteiger partial charge on any atom is 0.389 e. The van der Waals surface area contributed by atoms with Crippen LogP contribution in [0.1, 0.15) is 52.0 Å². The molecule has 0 radical (unpaired) electrons. The second-order valence-corrected chi connectivity index (χ2v) is 10.9. The number of fused-ring (bicyclic) bond motifs is 1. The number of rotatable bonds is 7. The molecule has 2 bridgehead atoms. The summed E-state index contributed by atoms with van der Waals surface area (Å²) in [5, 5.41) is 5.77. The molecule has 1 aromatic heterocycles. The largest absolute Gasteiger partial charge is 0.455 e. The average Bonchev–Trinajstić information content (AvgIpc) is 3.26. The summed E-state index contributed by atoms with van der Waals surface area (Å²) >= 11 is 0. The molecule has 2 amide bonds. The molecule has 4 aromatic rings. The van der Waals surface area contributed by atoms with E-state index in [4.69, 9.17) is 4.42 Å². The molecule has 3 saturated carbocycles. The summed E-state index contributed by atoms with van der Waals surface area (Å²) in [5.74, 6) is -1.62. The molecule has 0 aliphatic heterocycles. The van der Waals surface area contributed by atoms with E-state index in [0.29, 0.717) is 28.0 Å².